The maximum atomic E-state index is 13.1. The molecule has 2 atom stereocenters. The lowest BCUT2D eigenvalue weighted by atomic mass is 9.92. The van der Waals surface area contributed by atoms with E-state index >= 15 is 0 Å². The maximum Gasteiger partial charge on any atom is 0.255 e. The largest absolute Gasteiger partial charge is 0.349 e. The first-order chi connectivity index (χ1) is 15.4. The molecule has 0 radical (unpaired) electrons. The van der Waals surface area contributed by atoms with Crippen molar-refractivity contribution >= 4 is 11.8 Å². The number of likely N-dealkylation sites (tertiary alicyclic amines) is 2. The fourth-order valence-corrected chi connectivity index (χ4v) is 5.38. The van der Waals surface area contributed by atoms with Gasteiger partial charge in [-0.1, -0.05) is 30.3 Å². The van der Waals surface area contributed by atoms with Crippen LogP contribution in [0, 0.1) is 19.8 Å². The minimum absolute atomic E-state index is 0.0186. The number of carbonyl (C=O) groups is 2. The third-order valence-corrected chi connectivity index (χ3v) is 7.08. The Labute approximate surface area is 191 Å². The highest BCUT2D eigenvalue weighted by molar-refractivity contribution is 5.96. The Kier molecular flexibility index (Phi) is 6.89. The van der Waals surface area contributed by atoms with Gasteiger partial charge in [-0.2, -0.15) is 0 Å². The van der Waals surface area contributed by atoms with Crippen LogP contribution in [0.5, 0.6) is 0 Å². The van der Waals surface area contributed by atoms with E-state index in [0.29, 0.717) is 12.0 Å². The van der Waals surface area contributed by atoms with Crippen molar-refractivity contribution in [1.82, 2.24) is 20.1 Å². The van der Waals surface area contributed by atoms with Gasteiger partial charge in [0, 0.05) is 38.8 Å². The molecule has 1 aromatic carbocycles. The molecule has 4 rings (SSSR count). The lowest BCUT2D eigenvalue weighted by molar-refractivity contribution is -0.120. The molecular weight excluding hydrogens is 400 g/mol. The molecule has 2 aliphatic rings. The van der Waals surface area contributed by atoms with Crippen molar-refractivity contribution in [2.24, 2.45) is 5.92 Å². The average Bonchev–Trinajstić information content (AvgIpc) is 3.28. The summed E-state index contributed by atoms with van der Waals surface area (Å²) in [6.45, 7) is 9.10. The third kappa shape index (κ3) is 4.85. The quantitative estimate of drug-likeness (QED) is 0.782. The zero-order valence-corrected chi connectivity index (χ0v) is 19.4. The number of piperidine rings is 1. The van der Waals surface area contributed by atoms with E-state index in [2.05, 4.69) is 27.3 Å². The Morgan fingerprint density at radius 3 is 2.41 bits per heavy atom. The van der Waals surface area contributed by atoms with Crippen molar-refractivity contribution in [3.63, 3.8) is 0 Å². The van der Waals surface area contributed by atoms with Gasteiger partial charge in [0.2, 0.25) is 5.91 Å². The Morgan fingerprint density at radius 2 is 1.75 bits per heavy atom. The van der Waals surface area contributed by atoms with Crippen molar-refractivity contribution in [1.29, 1.82) is 0 Å². The summed E-state index contributed by atoms with van der Waals surface area (Å²) in [6, 6.07) is 12.8. The number of aryl methyl sites for hydroxylation is 2. The van der Waals surface area contributed by atoms with Gasteiger partial charge < -0.3 is 10.2 Å². The normalized spacial score (nSPS) is 20.8. The van der Waals surface area contributed by atoms with Crippen LogP contribution in [0.25, 0.3) is 0 Å². The second kappa shape index (κ2) is 9.82. The number of rotatable bonds is 5. The van der Waals surface area contributed by atoms with Crippen molar-refractivity contribution < 1.29 is 9.59 Å². The average molecular weight is 435 g/mol. The summed E-state index contributed by atoms with van der Waals surface area (Å²) in [4.78, 5) is 33.9. The molecule has 2 aliphatic heterocycles. The van der Waals surface area contributed by atoms with Crippen molar-refractivity contribution in [3.8, 4) is 0 Å². The first-order valence-corrected chi connectivity index (χ1v) is 11.7. The van der Waals surface area contributed by atoms with Gasteiger partial charge in [-0.25, -0.2) is 0 Å². The Hall–Kier alpha value is -2.73. The van der Waals surface area contributed by atoms with Crippen LogP contribution in [0.1, 0.15) is 59.4 Å². The molecule has 2 amide bonds. The number of pyridine rings is 1. The molecule has 1 unspecified atom stereocenters. The van der Waals surface area contributed by atoms with E-state index in [9.17, 15) is 9.59 Å². The third-order valence-electron chi connectivity index (χ3n) is 7.08. The van der Waals surface area contributed by atoms with E-state index in [0.717, 1.165) is 62.3 Å². The Bertz CT molecular complexity index is 933. The fraction of sp³-hybridized carbons (Fsp3) is 0.500. The van der Waals surface area contributed by atoms with Crippen LogP contribution < -0.4 is 5.32 Å². The predicted molar refractivity (Wildman–Crippen MR) is 125 cm³/mol. The molecule has 3 heterocycles. The van der Waals surface area contributed by atoms with Crippen LogP contribution in [0.2, 0.25) is 0 Å². The summed E-state index contributed by atoms with van der Waals surface area (Å²) < 4.78 is 0. The molecule has 2 fully saturated rings. The minimum Gasteiger partial charge on any atom is -0.349 e. The number of hydrogen-bond donors (Lipinski definition) is 1. The first-order valence-electron chi connectivity index (χ1n) is 11.7. The highest BCUT2D eigenvalue weighted by Crippen LogP contribution is 2.33. The zero-order valence-electron chi connectivity index (χ0n) is 19.4. The van der Waals surface area contributed by atoms with Crippen LogP contribution >= 0.6 is 0 Å². The molecule has 2 aromatic rings. The number of carbonyl (C=O) groups excluding carboxylic acids is 2. The number of nitrogens with zero attached hydrogens (tertiary/aromatic N) is 3. The van der Waals surface area contributed by atoms with Gasteiger partial charge >= 0.3 is 0 Å². The lowest BCUT2D eigenvalue weighted by Crippen LogP contribution is -2.46. The van der Waals surface area contributed by atoms with Gasteiger partial charge in [0.15, 0.2) is 0 Å². The molecular formula is C26H34N4O2. The Morgan fingerprint density at radius 1 is 1.03 bits per heavy atom. The van der Waals surface area contributed by atoms with Gasteiger partial charge in [-0.3, -0.25) is 19.5 Å². The van der Waals surface area contributed by atoms with Gasteiger partial charge in [-0.15, -0.1) is 0 Å². The zero-order chi connectivity index (χ0) is 22.7. The predicted octanol–water partition coefficient (Wildman–Crippen LogP) is 3.50. The van der Waals surface area contributed by atoms with Crippen LogP contribution in [0.3, 0.4) is 0 Å². The summed E-state index contributed by atoms with van der Waals surface area (Å²) in [5.41, 5.74) is 3.74. The van der Waals surface area contributed by atoms with Crippen LogP contribution in [-0.4, -0.2) is 58.8 Å². The molecule has 0 bridgehead atoms. The fourth-order valence-electron chi connectivity index (χ4n) is 5.38. The SMILES string of the molecule is CC(=O)NC(c1ccccc1)[C@H]1CCN(C2CCN(C(=O)c3c(C)ccnc3C)CC2)C1. The van der Waals surface area contributed by atoms with E-state index in [4.69, 9.17) is 0 Å². The molecule has 6 heteroatoms. The highest BCUT2D eigenvalue weighted by Gasteiger charge is 2.36. The van der Waals surface area contributed by atoms with E-state index in [1.54, 1.807) is 13.1 Å². The van der Waals surface area contributed by atoms with E-state index in [1.165, 1.54) is 5.56 Å². The number of hydrogen-bond acceptors (Lipinski definition) is 4. The number of nitrogens with one attached hydrogen (secondary N) is 1. The molecule has 1 N–H and O–H groups in total. The standard InChI is InChI=1S/C26H34N4O2/c1-18-9-13-27-19(2)24(18)26(32)29-15-11-23(12-16-29)30-14-10-22(17-30)25(28-20(3)31)21-7-5-4-6-8-21/h4-9,13,22-23,25H,10-12,14-17H2,1-3H3,(H,28,31)/t22-,25?/m0/s1. The van der Waals surface area contributed by atoms with E-state index < -0.39 is 0 Å². The second-order valence-electron chi connectivity index (χ2n) is 9.24. The summed E-state index contributed by atoms with van der Waals surface area (Å²) in [7, 11) is 0. The molecule has 32 heavy (non-hydrogen) atoms. The molecule has 170 valence electrons. The second-order valence-corrected chi connectivity index (χ2v) is 9.24. The molecule has 1 aromatic heterocycles. The summed E-state index contributed by atoms with van der Waals surface area (Å²) in [5, 5.41) is 3.19. The maximum absolute atomic E-state index is 13.1. The number of amides is 2. The molecule has 6 nitrogen and oxygen atoms in total. The summed E-state index contributed by atoms with van der Waals surface area (Å²) in [6.07, 6.45) is 4.83. The topological polar surface area (TPSA) is 65.5 Å². The summed E-state index contributed by atoms with van der Waals surface area (Å²) >= 11 is 0. The molecule has 0 saturated carbocycles. The van der Waals surface area contributed by atoms with Gasteiger partial charge in [0.05, 0.1) is 17.3 Å². The van der Waals surface area contributed by atoms with Crippen LogP contribution in [-0.2, 0) is 4.79 Å². The van der Waals surface area contributed by atoms with E-state index in [-0.39, 0.29) is 17.9 Å². The first kappa shape index (κ1) is 22.5. The van der Waals surface area contributed by atoms with Crippen LogP contribution in [0.4, 0.5) is 0 Å². The van der Waals surface area contributed by atoms with Crippen LogP contribution in [0.15, 0.2) is 42.6 Å². The highest BCUT2D eigenvalue weighted by atomic mass is 16.2. The molecule has 2 saturated heterocycles. The van der Waals surface area contributed by atoms with Gasteiger partial charge in [-0.05, 0) is 62.8 Å². The molecule has 0 spiro atoms. The van der Waals surface area contributed by atoms with Gasteiger partial charge in [0.1, 0.15) is 0 Å². The monoisotopic (exact) mass is 434 g/mol. The van der Waals surface area contributed by atoms with E-state index in [1.807, 2.05) is 43.0 Å². The number of aromatic nitrogens is 1. The summed E-state index contributed by atoms with van der Waals surface area (Å²) in [5.74, 6) is 0.535. The van der Waals surface area contributed by atoms with Gasteiger partial charge in [0.25, 0.3) is 5.91 Å². The van der Waals surface area contributed by atoms with Crippen molar-refractivity contribution in [2.75, 3.05) is 26.2 Å². The molecule has 0 aliphatic carbocycles. The lowest BCUT2D eigenvalue weighted by Gasteiger charge is -2.37. The van der Waals surface area contributed by atoms with Crippen molar-refractivity contribution in [3.05, 3.63) is 65.0 Å². The minimum atomic E-state index is 0.0186. The van der Waals surface area contributed by atoms with Crippen molar-refractivity contribution in [2.45, 2.75) is 52.1 Å². The Balaban J connectivity index is 1.36. The smallest absolute Gasteiger partial charge is 0.255 e. The number of benzene rings is 1.